The van der Waals surface area contributed by atoms with Crippen molar-refractivity contribution in [3.8, 4) is 11.1 Å². The highest BCUT2D eigenvalue weighted by Gasteiger charge is 2.16. The van der Waals surface area contributed by atoms with Gasteiger partial charge in [-0.15, -0.1) is 0 Å². The number of hydrogen-bond donors (Lipinski definition) is 0. The van der Waals surface area contributed by atoms with Crippen LogP contribution < -0.4 is 0 Å². The topological polar surface area (TPSA) is 0 Å². The van der Waals surface area contributed by atoms with Gasteiger partial charge in [-0.25, -0.2) is 0 Å². The van der Waals surface area contributed by atoms with Crippen molar-refractivity contribution in [3.63, 3.8) is 0 Å². The Morgan fingerprint density at radius 1 is 1.00 bits per heavy atom. The maximum Gasteiger partial charge on any atom is 0.0946 e. The quantitative estimate of drug-likeness (QED) is 0.678. The SMILES string of the molecule is BrC(Br)c1cc2cc-2c1. The van der Waals surface area contributed by atoms with Crippen LogP contribution in [0.15, 0.2) is 18.2 Å². The van der Waals surface area contributed by atoms with Crippen LogP contribution in [0.1, 0.15) is 9.30 Å². The molecule has 0 saturated heterocycles. The summed E-state index contributed by atoms with van der Waals surface area (Å²) in [7, 11) is 0. The van der Waals surface area contributed by atoms with E-state index in [1.807, 2.05) is 0 Å². The van der Waals surface area contributed by atoms with Crippen LogP contribution in [0.25, 0.3) is 11.1 Å². The third kappa shape index (κ3) is 0.945. The molecule has 0 heterocycles. The number of fused-ring (bicyclic) bond motifs is 1. The fourth-order valence-corrected chi connectivity index (χ4v) is 1.44. The summed E-state index contributed by atoms with van der Waals surface area (Å²) >= 11 is 6.85. The van der Waals surface area contributed by atoms with Crippen LogP contribution in [0.2, 0.25) is 0 Å². The molecule has 0 fully saturated rings. The number of halogens is 2. The average molecular weight is 248 g/mol. The summed E-state index contributed by atoms with van der Waals surface area (Å²) in [5, 5.41) is 0. The minimum Gasteiger partial charge on any atom is -0.0712 e. The Balaban J connectivity index is 2.38. The molecule has 0 bridgehead atoms. The lowest BCUT2D eigenvalue weighted by atomic mass is 10.4. The molecular formula is C7H4Br2. The van der Waals surface area contributed by atoms with Gasteiger partial charge in [0.1, 0.15) is 0 Å². The first-order valence-corrected chi connectivity index (χ1v) is 4.54. The molecule has 0 aliphatic heterocycles. The van der Waals surface area contributed by atoms with Gasteiger partial charge in [-0.1, -0.05) is 31.9 Å². The molecular weight excluding hydrogens is 244 g/mol. The van der Waals surface area contributed by atoms with Gasteiger partial charge in [-0.3, -0.25) is 0 Å². The fourth-order valence-electron chi connectivity index (χ4n) is 0.908. The first kappa shape index (κ1) is 5.93. The molecule has 0 nitrogen and oxygen atoms in total. The van der Waals surface area contributed by atoms with E-state index in [9.17, 15) is 0 Å². The molecule has 0 N–H and O–H groups in total. The highest BCUT2D eigenvalue weighted by Crippen LogP contribution is 2.42. The summed E-state index contributed by atoms with van der Waals surface area (Å²) in [6.45, 7) is 0. The minimum atomic E-state index is 0.325. The molecule has 0 aromatic carbocycles. The molecule has 0 aromatic rings. The Morgan fingerprint density at radius 3 is 1.89 bits per heavy atom. The molecule has 2 aliphatic rings. The summed E-state index contributed by atoms with van der Waals surface area (Å²) in [5.41, 5.74) is 4.12. The third-order valence-corrected chi connectivity index (χ3v) is 2.51. The van der Waals surface area contributed by atoms with E-state index in [0.29, 0.717) is 3.74 Å². The first-order valence-electron chi connectivity index (χ1n) is 2.71. The van der Waals surface area contributed by atoms with Crippen molar-refractivity contribution in [1.29, 1.82) is 0 Å². The number of hydrogen-bond acceptors (Lipinski definition) is 0. The number of rotatable bonds is 1. The van der Waals surface area contributed by atoms with Crippen molar-refractivity contribution in [1.82, 2.24) is 0 Å². The second-order valence-corrected chi connectivity index (χ2v) is 5.20. The maximum atomic E-state index is 3.43. The van der Waals surface area contributed by atoms with Crippen molar-refractivity contribution in [2.75, 3.05) is 0 Å². The molecule has 0 unspecified atom stereocenters. The van der Waals surface area contributed by atoms with Gasteiger partial charge < -0.3 is 0 Å². The second kappa shape index (κ2) is 1.83. The average Bonchev–Trinajstić information content (AvgIpc) is 2.40. The molecule has 0 amide bonds. The Bertz CT molecular complexity index is 233. The number of benzene rings is 1. The van der Waals surface area contributed by atoms with E-state index < -0.39 is 0 Å². The van der Waals surface area contributed by atoms with Crippen LogP contribution in [0.5, 0.6) is 0 Å². The van der Waals surface area contributed by atoms with E-state index in [1.165, 1.54) is 16.7 Å². The third-order valence-electron chi connectivity index (χ3n) is 1.46. The van der Waals surface area contributed by atoms with Crippen LogP contribution in [0.4, 0.5) is 0 Å². The van der Waals surface area contributed by atoms with Crippen LogP contribution in [-0.4, -0.2) is 0 Å². The van der Waals surface area contributed by atoms with Crippen molar-refractivity contribution in [3.05, 3.63) is 23.8 Å². The van der Waals surface area contributed by atoms with Crippen LogP contribution in [0.3, 0.4) is 0 Å². The lowest BCUT2D eigenvalue weighted by Crippen LogP contribution is -1.69. The lowest BCUT2D eigenvalue weighted by molar-refractivity contribution is 1.48. The molecule has 2 rings (SSSR count). The van der Waals surface area contributed by atoms with Crippen molar-refractivity contribution >= 4 is 31.9 Å². The van der Waals surface area contributed by atoms with Gasteiger partial charge in [0.2, 0.25) is 0 Å². The second-order valence-electron chi connectivity index (χ2n) is 2.14. The zero-order chi connectivity index (χ0) is 6.43. The molecule has 9 heavy (non-hydrogen) atoms. The molecule has 2 aliphatic carbocycles. The van der Waals surface area contributed by atoms with Gasteiger partial charge in [0, 0.05) is 0 Å². The van der Waals surface area contributed by atoms with E-state index >= 15 is 0 Å². The van der Waals surface area contributed by atoms with Crippen molar-refractivity contribution in [2.45, 2.75) is 3.74 Å². The normalized spacial score (nSPS) is 12.3. The van der Waals surface area contributed by atoms with Gasteiger partial charge in [-0.2, -0.15) is 0 Å². The summed E-state index contributed by atoms with van der Waals surface area (Å²) in [6.07, 6.45) is 0. The summed E-state index contributed by atoms with van der Waals surface area (Å²) in [5.74, 6) is 0. The summed E-state index contributed by atoms with van der Waals surface area (Å²) < 4.78 is 0.325. The van der Waals surface area contributed by atoms with Gasteiger partial charge in [0.15, 0.2) is 0 Å². The minimum absolute atomic E-state index is 0.325. The predicted octanol–water partition coefficient (Wildman–Crippen LogP) is 3.46. The highest BCUT2D eigenvalue weighted by molar-refractivity contribution is 9.24. The number of alkyl halides is 2. The molecule has 0 atom stereocenters. The maximum absolute atomic E-state index is 3.43. The van der Waals surface area contributed by atoms with E-state index in [4.69, 9.17) is 0 Å². The van der Waals surface area contributed by atoms with Gasteiger partial charge in [-0.05, 0) is 34.9 Å². The molecule has 0 spiro atoms. The van der Waals surface area contributed by atoms with E-state index in [2.05, 4.69) is 50.1 Å². The lowest BCUT2D eigenvalue weighted by Gasteiger charge is -1.93. The predicted molar refractivity (Wildman–Crippen MR) is 46.0 cm³/mol. The van der Waals surface area contributed by atoms with E-state index in [0.717, 1.165) is 0 Å². The van der Waals surface area contributed by atoms with Gasteiger partial charge in [0.05, 0.1) is 3.74 Å². The molecule has 46 valence electrons. The Morgan fingerprint density at radius 2 is 1.56 bits per heavy atom. The Hall–Kier alpha value is 0.180. The Labute approximate surface area is 70.5 Å². The van der Waals surface area contributed by atoms with Crippen molar-refractivity contribution < 1.29 is 0 Å². The standard InChI is InChI=1S/C7H4Br2/c8-7(9)6-2-4-1-5(4)3-6/h1-3,7H. The smallest absolute Gasteiger partial charge is 0.0712 e. The monoisotopic (exact) mass is 246 g/mol. The molecule has 0 radical (unpaired) electrons. The molecule has 0 aromatic heterocycles. The highest BCUT2D eigenvalue weighted by atomic mass is 79.9. The summed E-state index contributed by atoms with van der Waals surface area (Å²) in [4.78, 5) is 0. The summed E-state index contributed by atoms with van der Waals surface area (Å²) in [6, 6.07) is 6.54. The van der Waals surface area contributed by atoms with Crippen LogP contribution in [-0.2, 0) is 0 Å². The zero-order valence-electron chi connectivity index (χ0n) is 4.57. The van der Waals surface area contributed by atoms with Gasteiger partial charge >= 0.3 is 0 Å². The molecule has 0 saturated carbocycles. The van der Waals surface area contributed by atoms with Gasteiger partial charge in [0.25, 0.3) is 0 Å². The van der Waals surface area contributed by atoms with Crippen molar-refractivity contribution in [2.24, 2.45) is 0 Å². The zero-order valence-corrected chi connectivity index (χ0v) is 7.74. The van der Waals surface area contributed by atoms with Crippen LogP contribution in [0, 0.1) is 0 Å². The van der Waals surface area contributed by atoms with Crippen LogP contribution >= 0.6 is 31.9 Å². The van der Waals surface area contributed by atoms with E-state index in [-0.39, 0.29) is 0 Å². The first-order chi connectivity index (χ1) is 4.27. The largest absolute Gasteiger partial charge is 0.0946 e. The fraction of sp³-hybridized carbons (Fsp3) is 0.143. The van der Waals surface area contributed by atoms with E-state index in [1.54, 1.807) is 0 Å². The Kier molecular flexibility index (Phi) is 1.21. The molecule has 2 heteroatoms.